The number of carbonyl (C=O) groups is 1. The maximum absolute atomic E-state index is 13.1. The van der Waals surface area contributed by atoms with Gasteiger partial charge in [-0.05, 0) is 38.1 Å². The highest BCUT2D eigenvalue weighted by Crippen LogP contribution is 2.26. The number of hydrogen-bond donors (Lipinski definition) is 0. The maximum atomic E-state index is 13.1. The Labute approximate surface area is 120 Å². The predicted molar refractivity (Wildman–Crippen MR) is 74.0 cm³/mol. The van der Waals surface area contributed by atoms with E-state index in [4.69, 9.17) is 0 Å². The zero-order valence-electron chi connectivity index (χ0n) is 11.4. The monoisotopic (exact) mass is 296 g/mol. The molecular weight excluding hydrogens is 282 g/mol. The van der Waals surface area contributed by atoms with Gasteiger partial charge in [-0.25, -0.2) is 8.78 Å². The minimum Gasteiger partial charge on any atom is -0.293 e. The highest BCUT2D eigenvalue weighted by molar-refractivity contribution is 8.00. The van der Waals surface area contributed by atoms with Gasteiger partial charge in [0.25, 0.3) is 0 Å². The van der Waals surface area contributed by atoms with Gasteiger partial charge in [0.15, 0.2) is 17.4 Å². The summed E-state index contributed by atoms with van der Waals surface area (Å²) in [7, 11) is 1.80. The average molecular weight is 296 g/mol. The van der Waals surface area contributed by atoms with Gasteiger partial charge in [0.2, 0.25) is 0 Å². The van der Waals surface area contributed by atoms with Gasteiger partial charge in [0, 0.05) is 12.6 Å². The second kappa shape index (κ2) is 5.75. The molecule has 1 unspecified atom stereocenters. The summed E-state index contributed by atoms with van der Waals surface area (Å²) in [5.74, 6) is -2.21. The van der Waals surface area contributed by atoms with Crippen molar-refractivity contribution >= 4 is 17.5 Å². The number of Topliss-reactive ketones (excluding diaryl/α,β-unsaturated/α-hetero) is 1. The van der Waals surface area contributed by atoms with Crippen molar-refractivity contribution in [1.82, 2.24) is 9.78 Å². The highest BCUT2D eigenvalue weighted by atomic mass is 32.2. The van der Waals surface area contributed by atoms with Crippen molar-refractivity contribution in [3.8, 4) is 0 Å². The molecule has 106 valence electrons. The van der Waals surface area contributed by atoms with Crippen molar-refractivity contribution in [2.75, 3.05) is 0 Å². The number of rotatable bonds is 4. The van der Waals surface area contributed by atoms with E-state index >= 15 is 0 Å². The Bertz CT molecular complexity index is 655. The molecule has 0 N–H and O–H groups in total. The van der Waals surface area contributed by atoms with E-state index in [0.717, 1.165) is 22.9 Å². The van der Waals surface area contributed by atoms with Crippen molar-refractivity contribution in [3.63, 3.8) is 0 Å². The molecule has 3 nitrogen and oxygen atoms in total. The van der Waals surface area contributed by atoms with Gasteiger partial charge in [-0.3, -0.25) is 9.48 Å². The summed E-state index contributed by atoms with van der Waals surface area (Å²) in [4.78, 5) is 12.2. The van der Waals surface area contributed by atoms with Crippen LogP contribution in [0, 0.1) is 18.6 Å². The predicted octanol–water partition coefficient (Wildman–Crippen LogP) is 3.37. The first-order chi connectivity index (χ1) is 9.38. The van der Waals surface area contributed by atoms with Crippen LogP contribution in [0.1, 0.15) is 23.0 Å². The molecule has 1 aromatic carbocycles. The van der Waals surface area contributed by atoms with E-state index in [2.05, 4.69) is 5.10 Å². The zero-order valence-corrected chi connectivity index (χ0v) is 12.2. The van der Waals surface area contributed by atoms with Gasteiger partial charge >= 0.3 is 0 Å². The van der Waals surface area contributed by atoms with E-state index in [1.165, 1.54) is 17.8 Å². The number of aromatic nitrogens is 2. The Hall–Kier alpha value is -1.69. The van der Waals surface area contributed by atoms with Gasteiger partial charge in [-0.1, -0.05) is 11.8 Å². The van der Waals surface area contributed by atoms with Crippen LogP contribution in [-0.4, -0.2) is 20.8 Å². The van der Waals surface area contributed by atoms with Gasteiger partial charge in [-0.2, -0.15) is 5.10 Å². The summed E-state index contributed by atoms with van der Waals surface area (Å²) in [6, 6.07) is 5.07. The number of nitrogens with zero attached hydrogens (tertiary/aromatic N) is 2. The van der Waals surface area contributed by atoms with Crippen LogP contribution in [0.3, 0.4) is 0 Å². The number of thioether (sulfide) groups is 1. The fraction of sp³-hybridized carbons (Fsp3) is 0.286. The fourth-order valence-corrected chi connectivity index (χ4v) is 2.85. The van der Waals surface area contributed by atoms with Crippen molar-refractivity contribution in [3.05, 3.63) is 47.2 Å². The van der Waals surface area contributed by atoms with E-state index in [1.807, 2.05) is 13.0 Å². The largest absolute Gasteiger partial charge is 0.293 e. The van der Waals surface area contributed by atoms with Crippen LogP contribution in [0.4, 0.5) is 8.78 Å². The summed E-state index contributed by atoms with van der Waals surface area (Å²) in [6.07, 6.45) is 0. The Balaban J connectivity index is 2.16. The molecule has 6 heteroatoms. The van der Waals surface area contributed by atoms with E-state index in [9.17, 15) is 13.6 Å². The van der Waals surface area contributed by atoms with Crippen LogP contribution < -0.4 is 0 Å². The molecule has 0 aliphatic heterocycles. The Morgan fingerprint density at radius 1 is 1.30 bits per heavy atom. The Morgan fingerprint density at radius 2 is 2.00 bits per heavy atom. The van der Waals surface area contributed by atoms with Gasteiger partial charge in [-0.15, -0.1) is 0 Å². The van der Waals surface area contributed by atoms with Gasteiger partial charge < -0.3 is 0 Å². The minimum absolute atomic E-state index is 0.169. The van der Waals surface area contributed by atoms with Crippen LogP contribution in [0.5, 0.6) is 0 Å². The molecule has 0 aliphatic rings. The first kappa shape index (κ1) is 14.7. The molecular formula is C14H14F2N2OS. The van der Waals surface area contributed by atoms with Crippen LogP contribution >= 0.6 is 11.8 Å². The first-order valence-corrected chi connectivity index (χ1v) is 6.93. The molecule has 0 radical (unpaired) electrons. The van der Waals surface area contributed by atoms with Gasteiger partial charge in [0.1, 0.15) is 0 Å². The number of halogens is 2. The molecule has 2 rings (SSSR count). The molecule has 0 aliphatic carbocycles. The van der Waals surface area contributed by atoms with E-state index < -0.39 is 16.9 Å². The number of benzene rings is 1. The van der Waals surface area contributed by atoms with Crippen molar-refractivity contribution in [2.45, 2.75) is 24.1 Å². The third kappa shape index (κ3) is 3.07. The Kier molecular flexibility index (Phi) is 4.23. The molecule has 1 atom stereocenters. The summed E-state index contributed by atoms with van der Waals surface area (Å²) < 4.78 is 27.7. The molecule has 2 aromatic rings. The standard InChI is InChI=1S/C14H14F2N2OS/c1-8-6-13(18(3)17-8)20-9(2)14(19)10-4-5-11(15)12(16)7-10/h4-7,9H,1-3H3. The lowest BCUT2D eigenvalue weighted by atomic mass is 10.1. The normalized spacial score (nSPS) is 12.4. The molecule has 0 bridgehead atoms. The maximum Gasteiger partial charge on any atom is 0.176 e. The van der Waals surface area contributed by atoms with Gasteiger partial charge in [0.05, 0.1) is 16.0 Å². The lowest BCUT2D eigenvalue weighted by molar-refractivity contribution is 0.0993. The second-order valence-electron chi connectivity index (χ2n) is 4.50. The van der Waals surface area contributed by atoms with Crippen LogP contribution in [0.15, 0.2) is 29.3 Å². The first-order valence-electron chi connectivity index (χ1n) is 6.05. The summed E-state index contributed by atoms with van der Waals surface area (Å²) in [5, 5.41) is 4.64. The fourth-order valence-electron chi connectivity index (χ4n) is 1.82. The summed E-state index contributed by atoms with van der Waals surface area (Å²) >= 11 is 1.34. The topological polar surface area (TPSA) is 34.9 Å². The van der Waals surface area contributed by atoms with E-state index in [-0.39, 0.29) is 11.3 Å². The molecule has 0 spiro atoms. The Morgan fingerprint density at radius 3 is 2.55 bits per heavy atom. The van der Waals surface area contributed by atoms with Crippen molar-refractivity contribution in [2.24, 2.45) is 7.05 Å². The van der Waals surface area contributed by atoms with Crippen LogP contribution in [0.25, 0.3) is 0 Å². The number of hydrogen-bond acceptors (Lipinski definition) is 3. The van der Waals surface area contributed by atoms with Crippen LogP contribution in [-0.2, 0) is 7.05 Å². The zero-order chi connectivity index (χ0) is 14.9. The SMILES string of the molecule is Cc1cc(SC(C)C(=O)c2ccc(F)c(F)c2)n(C)n1. The third-order valence-corrected chi connectivity index (χ3v) is 4.02. The molecule has 0 fully saturated rings. The second-order valence-corrected chi connectivity index (χ2v) is 5.86. The molecule has 0 saturated carbocycles. The highest BCUT2D eigenvalue weighted by Gasteiger charge is 2.19. The molecule has 20 heavy (non-hydrogen) atoms. The molecule has 1 heterocycles. The van der Waals surface area contributed by atoms with E-state index in [0.29, 0.717) is 0 Å². The molecule has 1 aromatic heterocycles. The summed E-state index contributed by atoms with van der Waals surface area (Å²) in [6.45, 7) is 3.60. The lowest BCUT2D eigenvalue weighted by Crippen LogP contribution is -2.14. The van der Waals surface area contributed by atoms with Crippen LogP contribution in [0.2, 0.25) is 0 Å². The molecule has 0 amide bonds. The van der Waals surface area contributed by atoms with Crippen molar-refractivity contribution in [1.29, 1.82) is 0 Å². The lowest BCUT2D eigenvalue weighted by Gasteiger charge is -2.10. The minimum atomic E-state index is -1.01. The quantitative estimate of drug-likeness (QED) is 0.641. The summed E-state index contributed by atoms with van der Waals surface area (Å²) in [5.41, 5.74) is 1.03. The molecule has 0 saturated heterocycles. The third-order valence-electron chi connectivity index (χ3n) is 2.83. The van der Waals surface area contributed by atoms with Crippen molar-refractivity contribution < 1.29 is 13.6 Å². The number of carbonyl (C=O) groups excluding carboxylic acids is 1. The average Bonchev–Trinajstić information content (AvgIpc) is 2.70. The van der Waals surface area contributed by atoms with E-state index in [1.54, 1.807) is 18.7 Å². The smallest absolute Gasteiger partial charge is 0.176 e. The number of aryl methyl sites for hydroxylation is 2. The number of ketones is 1.